The number of ketones is 1. The number of carbonyl (C=O) groups excluding carboxylic acids is 2. The maximum absolute atomic E-state index is 12.1. The first kappa shape index (κ1) is 18.3. The van der Waals surface area contributed by atoms with Crippen LogP contribution >= 0.6 is 33.9 Å². The fourth-order valence-corrected chi connectivity index (χ4v) is 3.17. The van der Waals surface area contributed by atoms with E-state index in [1.807, 2.05) is 5.38 Å². The number of hydrogen-bond acceptors (Lipinski definition) is 4. The molecule has 0 radical (unpaired) electrons. The molecule has 2 amide bonds. The first-order chi connectivity index (χ1) is 9.85. The van der Waals surface area contributed by atoms with E-state index in [1.54, 1.807) is 23.3 Å². The molecule has 0 saturated carbocycles. The van der Waals surface area contributed by atoms with Crippen molar-refractivity contribution >= 4 is 45.7 Å². The van der Waals surface area contributed by atoms with Crippen molar-refractivity contribution in [2.45, 2.75) is 45.7 Å². The van der Waals surface area contributed by atoms with E-state index in [1.165, 1.54) is 6.92 Å². The average Bonchev–Trinajstić information content (AvgIpc) is 2.86. The fourth-order valence-electron chi connectivity index (χ4n) is 1.72. The number of rotatable bonds is 7. The molecule has 1 heterocycles. The number of aromatic nitrogens is 1. The van der Waals surface area contributed by atoms with Crippen LogP contribution in [0.1, 0.15) is 43.8 Å². The molecule has 1 rings (SSSR count). The highest BCUT2D eigenvalue weighted by molar-refractivity contribution is 14.1. The van der Waals surface area contributed by atoms with Crippen molar-refractivity contribution in [3.05, 3.63) is 16.1 Å². The molecule has 0 aliphatic rings. The van der Waals surface area contributed by atoms with Gasteiger partial charge in [0.25, 0.3) is 0 Å². The van der Waals surface area contributed by atoms with Crippen molar-refractivity contribution in [3.63, 3.8) is 0 Å². The van der Waals surface area contributed by atoms with E-state index in [9.17, 15) is 9.59 Å². The van der Waals surface area contributed by atoms with Gasteiger partial charge in [-0.15, -0.1) is 11.3 Å². The number of alkyl halides is 1. The molecule has 1 aromatic rings. The third-order valence-electron chi connectivity index (χ3n) is 3.00. The van der Waals surface area contributed by atoms with E-state index in [4.69, 9.17) is 0 Å². The number of halogens is 1. The Morgan fingerprint density at radius 2 is 2.14 bits per heavy atom. The van der Waals surface area contributed by atoms with Gasteiger partial charge in [-0.05, 0) is 13.3 Å². The SMILES string of the molecule is CC(=O)[C@H](CCI)NC(=O)N(C)Cc1csc(C(C)C)n1. The number of carbonyl (C=O) groups is 2. The molecule has 21 heavy (non-hydrogen) atoms. The van der Waals surface area contributed by atoms with Crippen LogP contribution in [-0.4, -0.2) is 39.2 Å². The summed E-state index contributed by atoms with van der Waals surface area (Å²) in [5.41, 5.74) is 0.884. The summed E-state index contributed by atoms with van der Waals surface area (Å²) in [7, 11) is 1.71. The van der Waals surface area contributed by atoms with Gasteiger partial charge in [0.1, 0.15) is 0 Å². The zero-order valence-electron chi connectivity index (χ0n) is 12.9. The Balaban J connectivity index is 2.58. The van der Waals surface area contributed by atoms with E-state index in [0.717, 1.165) is 15.1 Å². The van der Waals surface area contributed by atoms with Crippen molar-refractivity contribution in [2.75, 3.05) is 11.5 Å². The summed E-state index contributed by atoms with van der Waals surface area (Å²) in [5, 5.41) is 5.83. The lowest BCUT2D eigenvalue weighted by atomic mass is 10.1. The molecule has 0 fully saturated rings. The van der Waals surface area contributed by atoms with E-state index in [0.29, 0.717) is 18.9 Å². The minimum absolute atomic E-state index is 0.0100. The molecule has 0 bridgehead atoms. The second kappa shape index (κ2) is 8.67. The van der Waals surface area contributed by atoms with E-state index >= 15 is 0 Å². The van der Waals surface area contributed by atoms with Crippen LogP contribution in [-0.2, 0) is 11.3 Å². The molecule has 1 aromatic heterocycles. The van der Waals surface area contributed by atoms with Crippen LogP contribution in [0.3, 0.4) is 0 Å². The van der Waals surface area contributed by atoms with Gasteiger partial charge in [0.05, 0.1) is 23.3 Å². The quantitative estimate of drug-likeness (QED) is 0.541. The zero-order valence-corrected chi connectivity index (χ0v) is 15.8. The summed E-state index contributed by atoms with van der Waals surface area (Å²) in [6.07, 6.45) is 0.656. The Bertz CT molecular complexity index is 490. The normalized spacial score (nSPS) is 12.3. The van der Waals surface area contributed by atoms with Crippen molar-refractivity contribution in [1.82, 2.24) is 15.2 Å². The predicted molar refractivity (Wildman–Crippen MR) is 94.2 cm³/mol. The molecule has 0 saturated heterocycles. The summed E-state index contributed by atoms with van der Waals surface area (Å²) in [6, 6.07) is -0.641. The predicted octanol–water partition coefficient (Wildman–Crippen LogP) is 3.19. The lowest BCUT2D eigenvalue weighted by Crippen LogP contribution is -2.46. The molecule has 1 atom stereocenters. The van der Waals surface area contributed by atoms with Crippen LogP contribution in [0.4, 0.5) is 4.79 Å². The van der Waals surface area contributed by atoms with Crippen LogP contribution < -0.4 is 5.32 Å². The number of thiazole rings is 1. The molecule has 1 N–H and O–H groups in total. The van der Waals surface area contributed by atoms with Gasteiger partial charge in [0.2, 0.25) is 0 Å². The first-order valence-electron chi connectivity index (χ1n) is 6.87. The average molecular weight is 423 g/mol. The van der Waals surface area contributed by atoms with Crippen molar-refractivity contribution in [1.29, 1.82) is 0 Å². The minimum atomic E-state index is -0.404. The third kappa shape index (κ3) is 5.90. The van der Waals surface area contributed by atoms with Gasteiger partial charge in [-0.1, -0.05) is 36.4 Å². The number of nitrogens with zero attached hydrogens (tertiary/aromatic N) is 2. The van der Waals surface area contributed by atoms with Crippen molar-refractivity contribution in [3.8, 4) is 0 Å². The Kier molecular flexibility index (Phi) is 7.58. The van der Waals surface area contributed by atoms with Crippen molar-refractivity contribution < 1.29 is 9.59 Å². The molecule has 0 aliphatic heterocycles. The highest BCUT2D eigenvalue weighted by atomic mass is 127. The summed E-state index contributed by atoms with van der Waals surface area (Å²) < 4.78 is 0.829. The maximum atomic E-state index is 12.1. The highest BCUT2D eigenvalue weighted by Gasteiger charge is 2.19. The highest BCUT2D eigenvalue weighted by Crippen LogP contribution is 2.19. The minimum Gasteiger partial charge on any atom is -0.328 e. The van der Waals surface area contributed by atoms with E-state index < -0.39 is 6.04 Å². The van der Waals surface area contributed by atoms with Gasteiger partial charge >= 0.3 is 6.03 Å². The molecule has 7 heteroatoms. The summed E-state index contributed by atoms with van der Waals surface area (Å²) >= 11 is 3.82. The second-order valence-corrected chi connectivity index (χ2v) is 7.25. The molecular formula is C14H22IN3O2S. The topological polar surface area (TPSA) is 62.3 Å². The fraction of sp³-hybridized carbons (Fsp3) is 0.643. The van der Waals surface area contributed by atoms with E-state index in [-0.39, 0.29) is 11.8 Å². The molecule has 0 aliphatic carbocycles. The summed E-state index contributed by atoms with van der Waals surface area (Å²) in [6.45, 7) is 6.15. The molecule has 0 spiro atoms. The second-order valence-electron chi connectivity index (χ2n) is 5.28. The third-order valence-corrected chi connectivity index (χ3v) is 4.81. The standard InChI is InChI=1S/C14H22IN3O2S/c1-9(2)13-16-11(8-21-13)7-18(4)14(20)17-12(5-6-15)10(3)19/h8-9,12H,5-7H2,1-4H3,(H,17,20)/t12-/m0/s1. The number of Topliss-reactive ketones (excluding diaryl/α,β-unsaturated/α-hetero) is 1. The van der Waals surface area contributed by atoms with Gasteiger partial charge in [-0.25, -0.2) is 9.78 Å². The number of hydrogen-bond donors (Lipinski definition) is 1. The monoisotopic (exact) mass is 423 g/mol. The Morgan fingerprint density at radius 1 is 1.48 bits per heavy atom. The maximum Gasteiger partial charge on any atom is 0.318 e. The molecule has 118 valence electrons. The number of nitrogens with one attached hydrogen (secondary N) is 1. The van der Waals surface area contributed by atoms with Crippen LogP contribution in [0.2, 0.25) is 0 Å². The largest absolute Gasteiger partial charge is 0.328 e. The van der Waals surface area contributed by atoms with Crippen molar-refractivity contribution in [2.24, 2.45) is 0 Å². The Labute approximate surface area is 143 Å². The summed E-state index contributed by atoms with van der Waals surface area (Å²) in [5.74, 6) is 0.387. The van der Waals surface area contributed by atoms with Crippen LogP contribution in [0, 0.1) is 0 Å². The molecular weight excluding hydrogens is 401 g/mol. The van der Waals surface area contributed by atoms with Crippen LogP contribution in [0.5, 0.6) is 0 Å². The summed E-state index contributed by atoms with van der Waals surface area (Å²) in [4.78, 5) is 29.7. The van der Waals surface area contributed by atoms with E-state index in [2.05, 4.69) is 46.7 Å². The number of urea groups is 1. The van der Waals surface area contributed by atoms with Gasteiger partial charge < -0.3 is 10.2 Å². The van der Waals surface area contributed by atoms with Gasteiger partial charge in [-0.3, -0.25) is 4.79 Å². The zero-order chi connectivity index (χ0) is 16.0. The number of amides is 2. The first-order valence-corrected chi connectivity index (χ1v) is 9.28. The lowest BCUT2D eigenvalue weighted by Gasteiger charge is -2.21. The van der Waals surface area contributed by atoms with Gasteiger partial charge in [0, 0.05) is 22.8 Å². The Hall–Kier alpha value is -0.700. The molecule has 5 nitrogen and oxygen atoms in total. The lowest BCUT2D eigenvalue weighted by molar-refractivity contribution is -0.118. The smallest absolute Gasteiger partial charge is 0.318 e. The Morgan fingerprint density at radius 3 is 2.62 bits per heavy atom. The molecule has 0 aromatic carbocycles. The van der Waals surface area contributed by atoms with Crippen LogP contribution in [0.25, 0.3) is 0 Å². The molecule has 0 unspecified atom stereocenters. The van der Waals surface area contributed by atoms with Crippen LogP contribution in [0.15, 0.2) is 5.38 Å². The van der Waals surface area contributed by atoms with Gasteiger partial charge in [0.15, 0.2) is 5.78 Å². The van der Waals surface area contributed by atoms with Gasteiger partial charge in [-0.2, -0.15) is 0 Å².